The summed E-state index contributed by atoms with van der Waals surface area (Å²) < 4.78 is 0.390. The van der Waals surface area contributed by atoms with E-state index in [9.17, 15) is 15.2 Å². The first kappa shape index (κ1) is 14.9. The van der Waals surface area contributed by atoms with Crippen molar-refractivity contribution in [2.45, 2.75) is 40.4 Å². The Bertz CT molecular complexity index is 653. The summed E-state index contributed by atoms with van der Waals surface area (Å²) >= 11 is 5.04. The van der Waals surface area contributed by atoms with Gasteiger partial charge in [0.2, 0.25) is 5.91 Å². The van der Waals surface area contributed by atoms with Crippen molar-refractivity contribution in [2.24, 2.45) is 7.05 Å². The predicted molar refractivity (Wildman–Crippen MR) is 83.7 cm³/mol. The molecular weight excluding hydrogens is 354 g/mol. The summed E-state index contributed by atoms with van der Waals surface area (Å²) in [6.45, 7) is 3.92. The van der Waals surface area contributed by atoms with Crippen LogP contribution in [-0.4, -0.2) is 41.0 Å². The molecule has 0 bridgehead atoms. The van der Waals surface area contributed by atoms with Crippen molar-refractivity contribution in [1.29, 1.82) is 5.26 Å². The Morgan fingerprint density at radius 3 is 2.76 bits per heavy atom. The third-order valence-corrected chi connectivity index (χ3v) is 7.47. The van der Waals surface area contributed by atoms with Crippen LogP contribution in [0.5, 0.6) is 0 Å². The van der Waals surface area contributed by atoms with Gasteiger partial charge in [-0.15, -0.1) is 11.8 Å². The number of thioether (sulfide) groups is 1. The Balaban J connectivity index is 1.97. The van der Waals surface area contributed by atoms with Gasteiger partial charge in [-0.2, -0.15) is 5.26 Å². The van der Waals surface area contributed by atoms with Crippen LogP contribution < -0.4 is 0 Å². The number of β-lactam (4-membered cyclic amide) rings is 1. The minimum Gasteiger partial charge on any atom is -0.385 e. The molecular formula is C14H16BrN3O2S. The largest absolute Gasteiger partial charge is 0.385 e. The lowest BCUT2D eigenvalue weighted by atomic mass is 9.86. The number of nitriles is 1. The van der Waals surface area contributed by atoms with Gasteiger partial charge in [0.1, 0.15) is 17.5 Å². The highest BCUT2D eigenvalue weighted by Gasteiger charge is 2.72. The fourth-order valence-electron chi connectivity index (χ4n) is 3.07. The Hall–Kier alpha value is -0.970. The number of fused-ring (bicyclic) bond motifs is 1. The van der Waals surface area contributed by atoms with Crippen molar-refractivity contribution >= 4 is 33.6 Å². The monoisotopic (exact) mass is 369 g/mol. The van der Waals surface area contributed by atoms with Crippen molar-refractivity contribution in [3.05, 3.63) is 24.0 Å². The number of rotatable bonds is 2. The zero-order valence-electron chi connectivity index (χ0n) is 11.9. The van der Waals surface area contributed by atoms with Crippen LogP contribution in [-0.2, 0) is 11.8 Å². The van der Waals surface area contributed by atoms with Gasteiger partial charge < -0.3 is 14.6 Å². The molecule has 0 radical (unpaired) electrons. The molecule has 21 heavy (non-hydrogen) atoms. The molecule has 0 unspecified atom stereocenters. The molecule has 7 heteroatoms. The molecule has 112 valence electrons. The van der Waals surface area contributed by atoms with Gasteiger partial charge in [0.15, 0.2) is 4.32 Å². The topological polar surface area (TPSA) is 69.3 Å². The summed E-state index contributed by atoms with van der Waals surface area (Å²) in [6, 6.07) is 5.38. The average Bonchev–Trinajstić information content (AvgIpc) is 2.96. The van der Waals surface area contributed by atoms with Gasteiger partial charge in [-0.05, 0) is 26.0 Å². The van der Waals surface area contributed by atoms with Crippen LogP contribution in [0, 0.1) is 11.3 Å². The molecule has 4 atom stereocenters. The zero-order valence-corrected chi connectivity index (χ0v) is 14.3. The molecule has 2 saturated heterocycles. The summed E-state index contributed by atoms with van der Waals surface area (Å²) in [5, 5.41) is 19.8. The highest BCUT2D eigenvalue weighted by atomic mass is 79.9. The van der Waals surface area contributed by atoms with E-state index in [1.165, 1.54) is 0 Å². The van der Waals surface area contributed by atoms with Crippen LogP contribution in [0.1, 0.15) is 25.6 Å². The first-order chi connectivity index (χ1) is 9.75. The second kappa shape index (κ2) is 4.51. The molecule has 0 saturated carbocycles. The molecule has 2 fully saturated rings. The smallest absolute Gasteiger partial charge is 0.247 e. The number of alkyl halides is 1. The van der Waals surface area contributed by atoms with Gasteiger partial charge in [-0.3, -0.25) is 4.79 Å². The van der Waals surface area contributed by atoms with E-state index in [-0.39, 0.29) is 16.0 Å². The third-order valence-electron chi connectivity index (χ3n) is 4.31. The van der Waals surface area contributed by atoms with E-state index in [0.29, 0.717) is 5.69 Å². The molecule has 0 aliphatic carbocycles. The van der Waals surface area contributed by atoms with Gasteiger partial charge in [-0.1, -0.05) is 15.9 Å². The van der Waals surface area contributed by atoms with Gasteiger partial charge in [0.05, 0.1) is 6.07 Å². The molecule has 3 heterocycles. The van der Waals surface area contributed by atoms with Crippen LogP contribution in [0.2, 0.25) is 0 Å². The van der Waals surface area contributed by atoms with Crippen molar-refractivity contribution in [1.82, 2.24) is 9.47 Å². The Morgan fingerprint density at radius 2 is 2.24 bits per heavy atom. The second-order valence-electron chi connectivity index (χ2n) is 6.03. The number of carbonyl (C=O) groups excluding carboxylic acids is 1. The first-order valence-electron chi connectivity index (χ1n) is 6.63. The zero-order chi connectivity index (χ0) is 15.6. The van der Waals surface area contributed by atoms with E-state index in [4.69, 9.17) is 0 Å². The van der Waals surface area contributed by atoms with Crippen LogP contribution in [0.15, 0.2) is 18.3 Å². The van der Waals surface area contributed by atoms with Crippen LogP contribution in [0.3, 0.4) is 0 Å². The lowest BCUT2D eigenvalue weighted by Crippen LogP contribution is -2.71. The number of nitrogens with zero attached hydrogens (tertiary/aromatic N) is 3. The van der Waals surface area contributed by atoms with E-state index in [1.807, 2.05) is 33.2 Å². The van der Waals surface area contributed by atoms with E-state index >= 15 is 0 Å². The lowest BCUT2D eigenvalue weighted by Gasteiger charge is -2.51. The standard InChI is InChI=1S/C14H16BrN3O2S/c1-13(2)9(7-16)18-11(20)14(15,12(18)21-13)10(19)8-5-4-6-17(8)3/h4-6,9-10,12,19H,1-3H3/t9-,10-,12-,14+/m0/s1. The predicted octanol–water partition coefficient (Wildman–Crippen LogP) is 1.78. The molecule has 0 aromatic carbocycles. The number of hydrogen-bond donors (Lipinski definition) is 1. The van der Waals surface area contributed by atoms with Crippen LogP contribution in [0.4, 0.5) is 0 Å². The maximum Gasteiger partial charge on any atom is 0.247 e. The maximum absolute atomic E-state index is 12.6. The van der Waals surface area contributed by atoms with E-state index in [2.05, 4.69) is 22.0 Å². The Morgan fingerprint density at radius 1 is 1.57 bits per heavy atom. The number of hydrogen-bond acceptors (Lipinski definition) is 4. The molecule has 3 rings (SSSR count). The number of halogens is 1. The van der Waals surface area contributed by atoms with E-state index in [1.54, 1.807) is 27.3 Å². The molecule has 1 aromatic heterocycles. The maximum atomic E-state index is 12.6. The van der Waals surface area contributed by atoms with Gasteiger partial charge in [0.25, 0.3) is 0 Å². The summed E-state index contributed by atoms with van der Waals surface area (Å²) in [7, 11) is 1.83. The molecule has 0 spiro atoms. The molecule has 2 aliphatic rings. The Kier molecular flexibility index (Phi) is 3.21. The molecule has 2 aliphatic heterocycles. The summed E-state index contributed by atoms with van der Waals surface area (Å²) in [5.41, 5.74) is 0.679. The highest BCUT2D eigenvalue weighted by Crippen LogP contribution is 2.61. The average molecular weight is 370 g/mol. The number of amides is 1. The van der Waals surface area contributed by atoms with Gasteiger partial charge in [0, 0.05) is 23.7 Å². The van der Waals surface area contributed by atoms with Crippen LogP contribution >= 0.6 is 27.7 Å². The number of aliphatic hydroxyl groups excluding tert-OH is 1. The number of aryl methyl sites for hydroxylation is 1. The second-order valence-corrected chi connectivity index (χ2v) is 9.08. The van der Waals surface area contributed by atoms with Crippen molar-refractivity contribution < 1.29 is 9.90 Å². The molecule has 1 aromatic rings. The summed E-state index contributed by atoms with van der Waals surface area (Å²) in [4.78, 5) is 14.2. The van der Waals surface area contributed by atoms with E-state index < -0.39 is 16.5 Å². The van der Waals surface area contributed by atoms with Gasteiger partial charge >= 0.3 is 0 Å². The fraction of sp³-hybridized carbons (Fsp3) is 0.571. The summed E-state index contributed by atoms with van der Waals surface area (Å²) in [6.07, 6.45) is 0.881. The highest BCUT2D eigenvalue weighted by molar-refractivity contribution is 9.10. The minimum atomic E-state index is -1.06. The van der Waals surface area contributed by atoms with Gasteiger partial charge in [-0.25, -0.2) is 0 Å². The molecule has 1 N–H and O–H groups in total. The first-order valence-corrected chi connectivity index (χ1v) is 8.31. The SMILES string of the molecule is Cn1cccc1[C@H](O)[C@@]1(Br)C(=O)N2[C@@H](C#N)C(C)(C)S[C@H]21. The van der Waals surface area contributed by atoms with Crippen LogP contribution in [0.25, 0.3) is 0 Å². The lowest BCUT2D eigenvalue weighted by molar-refractivity contribution is -0.153. The number of carbonyl (C=O) groups is 1. The third kappa shape index (κ3) is 1.76. The normalized spacial score (nSPS) is 35.0. The van der Waals surface area contributed by atoms with Crippen molar-refractivity contribution in [2.75, 3.05) is 0 Å². The number of aromatic nitrogens is 1. The van der Waals surface area contributed by atoms with Crippen molar-refractivity contribution in [3.8, 4) is 6.07 Å². The van der Waals surface area contributed by atoms with E-state index in [0.717, 1.165) is 0 Å². The molecule has 5 nitrogen and oxygen atoms in total. The quantitative estimate of drug-likeness (QED) is 0.637. The Labute approximate surface area is 136 Å². The fourth-order valence-corrected chi connectivity index (χ4v) is 5.61. The summed E-state index contributed by atoms with van der Waals surface area (Å²) in [5.74, 6) is -0.217. The molecule has 1 amide bonds. The minimum absolute atomic E-state index is 0.217. The van der Waals surface area contributed by atoms with Crippen molar-refractivity contribution in [3.63, 3.8) is 0 Å². The number of aliphatic hydroxyl groups is 1.